The minimum Gasteiger partial charge on any atom is -0.423 e. The zero-order valence-electron chi connectivity index (χ0n) is 16.1. The first-order valence-electron chi connectivity index (χ1n) is 8.72. The molecule has 0 unspecified atom stereocenters. The lowest BCUT2D eigenvalue weighted by molar-refractivity contribution is 0.280. The Labute approximate surface area is 198 Å². The van der Waals surface area contributed by atoms with Gasteiger partial charge in [0.15, 0.2) is 3.92 Å². The molecule has 0 amide bonds. The number of hydrogen-bond acceptors (Lipinski definition) is 10. The Morgan fingerprint density at radius 2 is 1.25 bits per heavy atom. The molecule has 14 heteroatoms. The summed E-state index contributed by atoms with van der Waals surface area (Å²) < 4.78 is 25.5. The van der Waals surface area contributed by atoms with Crippen molar-refractivity contribution in [1.82, 2.24) is 20.4 Å². The Morgan fingerprint density at radius 1 is 0.750 bits per heavy atom. The number of aliphatic hydroxyl groups is 2. The van der Waals surface area contributed by atoms with E-state index in [2.05, 4.69) is 36.3 Å². The van der Waals surface area contributed by atoms with Crippen molar-refractivity contribution in [2.75, 3.05) is 0 Å². The van der Waals surface area contributed by atoms with Crippen LogP contribution in [0.1, 0.15) is 10.0 Å². The van der Waals surface area contributed by atoms with Gasteiger partial charge in [0.25, 0.3) is 0 Å². The Kier molecular flexibility index (Phi) is 10.9. The molecule has 0 saturated heterocycles. The topological polar surface area (TPSA) is 132 Å². The van der Waals surface area contributed by atoms with E-state index in [1.165, 1.54) is 59.1 Å². The highest BCUT2D eigenvalue weighted by Crippen LogP contribution is 2.23. The van der Waals surface area contributed by atoms with Crippen LogP contribution in [0.5, 0.6) is 0 Å². The van der Waals surface area contributed by atoms with Crippen molar-refractivity contribution in [3.63, 3.8) is 0 Å². The lowest BCUT2D eigenvalue weighted by Gasteiger charge is -1.95. The number of aliphatic hydroxyl groups excluding tert-OH is 2. The fourth-order valence-corrected chi connectivity index (χ4v) is 3.73. The first kappa shape index (κ1) is 26.1. The molecule has 0 aliphatic rings. The molecular weight excluding hydrogens is 529 g/mol. The number of rotatable bonds is 4. The van der Waals surface area contributed by atoms with Crippen LogP contribution in [0.25, 0.3) is 10.6 Å². The lowest BCUT2D eigenvalue weighted by atomic mass is 9.80. The lowest BCUT2D eigenvalue weighted by Crippen LogP contribution is -2.29. The fraction of sp³-hybridized carbons (Fsp3) is 0.111. The summed E-state index contributed by atoms with van der Waals surface area (Å²) in [5.74, 6) is -0.662. The first-order valence-corrected chi connectivity index (χ1v) is 11.1. The molecule has 0 aliphatic carbocycles. The number of benzene rings is 2. The molecule has 4 aromatic rings. The molecule has 2 aromatic carbocycles. The van der Waals surface area contributed by atoms with Gasteiger partial charge in [-0.05, 0) is 57.8 Å². The highest BCUT2D eigenvalue weighted by molar-refractivity contribution is 9.11. The first-order chi connectivity index (χ1) is 15.3. The third kappa shape index (κ3) is 8.74. The predicted octanol–water partition coefficient (Wildman–Crippen LogP) is 2.13. The highest BCUT2D eigenvalue weighted by Gasteiger charge is 2.09. The van der Waals surface area contributed by atoms with Crippen LogP contribution in [-0.2, 0) is 13.2 Å². The summed E-state index contributed by atoms with van der Waals surface area (Å²) in [4.78, 5) is 0. The molecule has 4 N–H and O–H groups in total. The van der Waals surface area contributed by atoms with E-state index < -0.39 is 7.12 Å². The normalized spacial score (nSPS) is 9.97. The number of nitrogens with zero attached hydrogens (tertiary/aromatic N) is 4. The van der Waals surface area contributed by atoms with Gasteiger partial charge in [0.2, 0.25) is 0 Å². The summed E-state index contributed by atoms with van der Waals surface area (Å²) in [6.45, 7) is -0.137. The molecule has 0 radical (unpaired) electrons. The van der Waals surface area contributed by atoms with E-state index in [-0.39, 0.29) is 24.8 Å². The van der Waals surface area contributed by atoms with Crippen molar-refractivity contribution in [3.05, 3.63) is 74.1 Å². The van der Waals surface area contributed by atoms with E-state index >= 15 is 0 Å². The van der Waals surface area contributed by atoms with Gasteiger partial charge < -0.3 is 20.3 Å². The minimum atomic E-state index is -1.51. The Bertz CT molecular complexity index is 1090. The van der Waals surface area contributed by atoms with E-state index in [9.17, 15) is 8.78 Å². The third-order valence-corrected chi connectivity index (χ3v) is 5.74. The van der Waals surface area contributed by atoms with Gasteiger partial charge in [-0.3, -0.25) is 0 Å². The fourth-order valence-electron chi connectivity index (χ4n) is 1.96. The Hall–Kier alpha value is -2.20. The van der Waals surface area contributed by atoms with Crippen LogP contribution in [-0.4, -0.2) is 47.8 Å². The maximum Gasteiger partial charge on any atom is 0.488 e. The molecule has 0 bridgehead atoms. The van der Waals surface area contributed by atoms with Crippen molar-refractivity contribution >= 4 is 51.2 Å². The van der Waals surface area contributed by atoms with Crippen molar-refractivity contribution in [2.24, 2.45) is 0 Å². The zero-order valence-corrected chi connectivity index (χ0v) is 19.4. The molecule has 2 aromatic heterocycles. The summed E-state index contributed by atoms with van der Waals surface area (Å²) in [6, 6.07) is 11.0. The molecule has 0 fully saturated rings. The van der Waals surface area contributed by atoms with E-state index in [1.807, 2.05) is 0 Å². The van der Waals surface area contributed by atoms with Crippen LogP contribution < -0.4 is 5.46 Å². The molecule has 0 aliphatic heterocycles. The van der Waals surface area contributed by atoms with Gasteiger partial charge in [-0.25, -0.2) is 8.78 Å². The Morgan fingerprint density at radius 3 is 1.66 bits per heavy atom. The second-order valence-corrected chi connectivity index (χ2v) is 9.10. The smallest absolute Gasteiger partial charge is 0.423 e. The van der Waals surface area contributed by atoms with Gasteiger partial charge in [-0.2, -0.15) is 0 Å². The largest absolute Gasteiger partial charge is 0.488 e. The maximum atomic E-state index is 12.6. The molecule has 2 heterocycles. The average Bonchev–Trinajstić information content (AvgIpc) is 3.44. The van der Waals surface area contributed by atoms with Gasteiger partial charge in [0.05, 0.1) is 13.2 Å². The van der Waals surface area contributed by atoms with E-state index in [4.69, 9.17) is 20.3 Å². The number of hydrogen-bond donors (Lipinski definition) is 4. The molecule has 0 spiro atoms. The standard InChI is InChI=1S/C9H7FN2OS.C6H6BFO2.C3H3BrN2OS/c10-7-3-1-6(2-4-7)9-12-11-8(5-13)14-9;8-6-3-1-5(2-4-6)7(9)10;4-3-6-5-2(1-7)8-3/h1-4,13H,5H2;1-4,9-10H;7H,1H2. The predicted molar refractivity (Wildman–Crippen MR) is 121 cm³/mol. The molecular formula is C18H16BBrF2N4O4S2. The van der Waals surface area contributed by atoms with Crippen LogP contribution in [0.3, 0.4) is 0 Å². The van der Waals surface area contributed by atoms with Crippen LogP contribution in [0, 0.1) is 11.6 Å². The van der Waals surface area contributed by atoms with Gasteiger partial charge in [0.1, 0.15) is 26.7 Å². The van der Waals surface area contributed by atoms with Crippen LogP contribution in [0.15, 0.2) is 52.4 Å². The zero-order chi connectivity index (χ0) is 23.5. The van der Waals surface area contributed by atoms with Gasteiger partial charge in [-0.15, -0.1) is 20.4 Å². The number of halogens is 3. The van der Waals surface area contributed by atoms with E-state index in [1.54, 1.807) is 12.1 Å². The second-order valence-electron chi connectivity index (χ2n) is 5.70. The van der Waals surface area contributed by atoms with Gasteiger partial charge in [-0.1, -0.05) is 34.8 Å². The molecule has 32 heavy (non-hydrogen) atoms. The summed E-state index contributed by atoms with van der Waals surface area (Å²) in [7, 11) is -1.51. The van der Waals surface area contributed by atoms with Crippen LogP contribution in [0.4, 0.5) is 8.78 Å². The van der Waals surface area contributed by atoms with Crippen molar-refractivity contribution in [3.8, 4) is 10.6 Å². The second kappa shape index (κ2) is 13.4. The SMILES string of the molecule is OB(O)c1ccc(F)cc1.OCc1nnc(-c2ccc(F)cc2)s1.OCc1nnc(Br)s1. The number of aromatic nitrogens is 4. The highest BCUT2D eigenvalue weighted by atomic mass is 79.9. The summed E-state index contributed by atoms with van der Waals surface area (Å²) in [6.07, 6.45) is 0. The summed E-state index contributed by atoms with van der Waals surface area (Å²) in [5, 5.41) is 51.1. The Balaban J connectivity index is 0.000000178. The average molecular weight is 545 g/mol. The molecule has 4 rings (SSSR count). The quantitative estimate of drug-likeness (QED) is 0.287. The van der Waals surface area contributed by atoms with Gasteiger partial charge in [0, 0.05) is 5.56 Å². The molecule has 168 valence electrons. The summed E-state index contributed by atoms with van der Waals surface area (Å²) >= 11 is 5.74. The van der Waals surface area contributed by atoms with Crippen molar-refractivity contribution in [1.29, 1.82) is 0 Å². The molecule has 0 saturated carbocycles. The molecule has 0 atom stereocenters. The third-order valence-electron chi connectivity index (χ3n) is 3.44. The van der Waals surface area contributed by atoms with E-state index in [0.29, 0.717) is 24.4 Å². The van der Waals surface area contributed by atoms with Crippen LogP contribution >= 0.6 is 38.6 Å². The van der Waals surface area contributed by atoms with Crippen molar-refractivity contribution in [2.45, 2.75) is 13.2 Å². The summed E-state index contributed by atoms with van der Waals surface area (Å²) in [5.41, 5.74) is 1.10. The van der Waals surface area contributed by atoms with Crippen LogP contribution in [0.2, 0.25) is 0 Å². The van der Waals surface area contributed by atoms with Gasteiger partial charge >= 0.3 is 7.12 Å². The maximum absolute atomic E-state index is 12.6. The molecule has 8 nitrogen and oxygen atoms in total. The minimum absolute atomic E-state index is 0.0245. The van der Waals surface area contributed by atoms with Crippen molar-refractivity contribution < 1.29 is 29.0 Å². The monoisotopic (exact) mass is 544 g/mol. The van der Waals surface area contributed by atoms with E-state index in [0.717, 1.165) is 5.56 Å².